The number of fused-ring (bicyclic) bond motifs is 1. The molecule has 1 unspecified atom stereocenters. The summed E-state index contributed by atoms with van der Waals surface area (Å²) in [5.74, 6) is 0.681. The average Bonchev–Trinajstić information content (AvgIpc) is 3.08. The van der Waals surface area contributed by atoms with Crippen molar-refractivity contribution in [1.82, 2.24) is 9.88 Å². The van der Waals surface area contributed by atoms with Crippen molar-refractivity contribution in [2.75, 3.05) is 13.2 Å². The molecule has 1 aliphatic heterocycles. The largest absolute Gasteiger partial charge is 0.376 e. The van der Waals surface area contributed by atoms with E-state index >= 15 is 0 Å². The molecule has 1 atom stereocenters. The number of nitrogens with one attached hydrogen (secondary N) is 1. The van der Waals surface area contributed by atoms with Crippen molar-refractivity contribution in [2.45, 2.75) is 45.9 Å². The fourth-order valence-corrected chi connectivity index (χ4v) is 3.11. The minimum Gasteiger partial charge on any atom is -0.376 e. The topological polar surface area (TPSA) is 26.2 Å². The molecule has 2 heterocycles. The molecule has 1 aliphatic rings. The Morgan fingerprint density at radius 1 is 1.33 bits per heavy atom. The van der Waals surface area contributed by atoms with Crippen LogP contribution in [0.1, 0.15) is 32.4 Å². The lowest BCUT2D eigenvalue weighted by molar-refractivity contribution is 0.0973. The molecule has 0 aliphatic carbocycles. The third-order valence-electron chi connectivity index (χ3n) is 4.17. The number of hydrogen-bond donors (Lipinski definition) is 1. The summed E-state index contributed by atoms with van der Waals surface area (Å²) in [5, 5.41) is 4.90. The molecule has 1 saturated heterocycles. The van der Waals surface area contributed by atoms with Gasteiger partial charge in [-0.1, -0.05) is 32.0 Å². The van der Waals surface area contributed by atoms with Gasteiger partial charge in [0, 0.05) is 30.9 Å². The molecule has 2 aromatic rings. The van der Waals surface area contributed by atoms with Crippen molar-refractivity contribution in [3.63, 3.8) is 0 Å². The van der Waals surface area contributed by atoms with Crippen LogP contribution in [0.4, 0.5) is 0 Å². The first-order valence-electron chi connectivity index (χ1n) is 8.13. The molecule has 0 spiro atoms. The molecule has 1 aromatic heterocycles. The Morgan fingerprint density at radius 2 is 2.19 bits per heavy atom. The summed E-state index contributed by atoms with van der Waals surface area (Å²) in [6, 6.07) is 11.0. The van der Waals surface area contributed by atoms with Crippen LogP contribution in [-0.4, -0.2) is 23.8 Å². The zero-order chi connectivity index (χ0) is 14.7. The summed E-state index contributed by atoms with van der Waals surface area (Å²) < 4.78 is 8.27. The van der Waals surface area contributed by atoms with Crippen LogP contribution in [0, 0.1) is 5.92 Å². The molecule has 0 amide bonds. The van der Waals surface area contributed by atoms with E-state index in [9.17, 15) is 0 Å². The third kappa shape index (κ3) is 3.47. The van der Waals surface area contributed by atoms with Gasteiger partial charge in [-0.3, -0.25) is 0 Å². The maximum atomic E-state index is 5.83. The standard InChI is InChI=1S/C18H26N2O/c1-14(2)11-19-12-16-10-15-6-3-4-8-18(15)20(16)13-17-7-5-9-21-17/h3-4,6,8,10,14,17,19H,5,7,9,11-13H2,1-2H3. The van der Waals surface area contributed by atoms with Crippen LogP contribution in [0.5, 0.6) is 0 Å². The first-order valence-corrected chi connectivity index (χ1v) is 8.13. The van der Waals surface area contributed by atoms with E-state index in [1.807, 2.05) is 0 Å². The fraction of sp³-hybridized carbons (Fsp3) is 0.556. The second kappa shape index (κ2) is 6.63. The van der Waals surface area contributed by atoms with Gasteiger partial charge in [0.15, 0.2) is 0 Å². The van der Waals surface area contributed by atoms with E-state index < -0.39 is 0 Å². The van der Waals surface area contributed by atoms with Crippen LogP contribution in [0.2, 0.25) is 0 Å². The molecular formula is C18H26N2O. The van der Waals surface area contributed by atoms with Gasteiger partial charge in [0.05, 0.1) is 6.10 Å². The maximum Gasteiger partial charge on any atom is 0.0754 e. The quantitative estimate of drug-likeness (QED) is 0.878. The second-order valence-electron chi connectivity index (χ2n) is 6.46. The van der Waals surface area contributed by atoms with Gasteiger partial charge >= 0.3 is 0 Å². The minimum absolute atomic E-state index is 0.379. The number of benzene rings is 1. The lowest BCUT2D eigenvalue weighted by atomic mass is 10.2. The minimum atomic E-state index is 0.379. The van der Waals surface area contributed by atoms with Crippen molar-refractivity contribution in [1.29, 1.82) is 0 Å². The molecule has 114 valence electrons. The van der Waals surface area contributed by atoms with Gasteiger partial charge in [-0.2, -0.15) is 0 Å². The van der Waals surface area contributed by atoms with Crippen LogP contribution < -0.4 is 5.32 Å². The first-order chi connectivity index (χ1) is 10.2. The van der Waals surface area contributed by atoms with E-state index in [0.717, 1.165) is 26.2 Å². The number of para-hydroxylation sites is 1. The molecule has 3 heteroatoms. The monoisotopic (exact) mass is 286 g/mol. The van der Waals surface area contributed by atoms with Gasteiger partial charge in [-0.15, -0.1) is 0 Å². The van der Waals surface area contributed by atoms with Gasteiger partial charge in [-0.05, 0) is 42.8 Å². The predicted molar refractivity (Wildman–Crippen MR) is 87.5 cm³/mol. The molecule has 1 aromatic carbocycles. The van der Waals surface area contributed by atoms with Crippen LogP contribution in [-0.2, 0) is 17.8 Å². The molecule has 3 rings (SSSR count). The van der Waals surface area contributed by atoms with E-state index in [1.165, 1.54) is 29.4 Å². The number of hydrogen-bond acceptors (Lipinski definition) is 2. The lowest BCUT2D eigenvalue weighted by Gasteiger charge is -2.16. The van der Waals surface area contributed by atoms with Crippen molar-refractivity contribution >= 4 is 10.9 Å². The van der Waals surface area contributed by atoms with Crippen molar-refractivity contribution in [3.8, 4) is 0 Å². The predicted octanol–water partition coefficient (Wildman–Crippen LogP) is 3.57. The van der Waals surface area contributed by atoms with Crippen molar-refractivity contribution in [3.05, 3.63) is 36.0 Å². The normalized spacial score (nSPS) is 18.9. The average molecular weight is 286 g/mol. The van der Waals surface area contributed by atoms with Gasteiger partial charge in [0.2, 0.25) is 0 Å². The van der Waals surface area contributed by atoms with Crippen LogP contribution >= 0.6 is 0 Å². The first kappa shape index (κ1) is 14.6. The zero-order valence-electron chi connectivity index (χ0n) is 13.1. The summed E-state index contributed by atoms with van der Waals surface area (Å²) >= 11 is 0. The molecule has 0 saturated carbocycles. The summed E-state index contributed by atoms with van der Waals surface area (Å²) in [5.41, 5.74) is 2.70. The van der Waals surface area contributed by atoms with Gasteiger partial charge < -0.3 is 14.6 Å². The van der Waals surface area contributed by atoms with Crippen LogP contribution in [0.3, 0.4) is 0 Å². The van der Waals surface area contributed by atoms with E-state index in [1.54, 1.807) is 0 Å². The summed E-state index contributed by atoms with van der Waals surface area (Å²) in [6.45, 7) is 8.38. The van der Waals surface area contributed by atoms with Crippen molar-refractivity contribution in [2.24, 2.45) is 5.92 Å². The molecular weight excluding hydrogens is 260 g/mol. The molecule has 1 N–H and O–H groups in total. The van der Waals surface area contributed by atoms with Crippen LogP contribution in [0.25, 0.3) is 10.9 Å². The Bertz CT molecular complexity index is 582. The van der Waals surface area contributed by atoms with Crippen molar-refractivity contribution < 1.29 is 4.74 Å². The number of rotatable bonds is 6. The van der Waals surface area contributed by atoms with E-state index in [-0.39, 0.29) is 0 Å². The highest BCUT2D eigenvalue weighted by molar-refractivity contribution is 5.81. The number of nitrogens with zero attached hydrogens (tertiary/aromatic N) is 1. The summed E-state index contributed by atoms with van der Waals surface area (Å²) in [4.78, 5) is 0. The highest BCUT2D eigenvalue weighted by atomic mass is 16.5. The smallest absolute Gasteiger partial charge is 0.0754 e. The Hall–Kier alpha value is -1.32. The van der Waals surface area contributed by atoms with Gasteiger partial charge in [0.25, 0.3) is 0 Å². The number of ether oxygens (including phenoxy) is 1. The second-order valence-corrected chi connectivity index (χ2v) is 6.46. The summed E-state index contributed by atoms with van der Waals surface area (Å²) in [7, 11) is 0. The summed E-state index contributed by atoms with van der Waals surface area (Å²) in [6.07, 6.45) is 2.76. The molecule has 3 nitrogen and oxygen atoms in total. The SMILES string of the molecule is CC(C)CNCc1cc2ccccc2n1CC1CCCO1. The van der Waals surface area contributed by atoms with E-state index in [0.29, 0.717) is 12.0 Å². The Labute approximate surface area is 127 Å². The van der Waals surface area contributed by atoms with Gasteiger partial charge in [-0.25, -0.2) is 0 Å². The Kier molecular flexibility index (Phi) is 4.61. The third-order valence-corrected chi connectivity index (χ3v) is 4.17. The molecule has 21 heavy (non-hydrogen) atoms. The highest BCUT2D eigenvalue weighted by Crippen LogP contribution is 2.23. The van der Waals surface area contributed by atoms with Gasteiger partial charge in [0.1, 0.15) is 0 Å². The fourth-order valence-electron chi connectivity index (χ4n) is 3.11. The van der Waals surface area contributed by atoms with Crippen LogP contribution in [0.15, 0.2) is 30.3 Å². The molecule has 0 bridgehead atoms. The maximum absolute atomic E-state index is 5.83. The van der Waals surface area contributed by atoms with E-state index in [4.69, 9.17) is 4.74 Å². The number of aromatic nitrogens is 1. The molecule has 0 radical (unpaired) electrons. The highest BCUT2D eigenvalue weighted by Gasteiger charge is 2.18. The molecule has 1 fully saturated rings. The Balaban J connectivity index is 1.82. The zero-order valence-corrected chi connectivity index (χ0v) is 13.1. The lowest BCUT2D eigenvalue weighted by Crippen LogP contribution is -2.23. The Morgan fingerprint density at radius 3 is 2.95 bits per heavy atom. The van der Waals surface area contributed by atoms with E-state index in [2.05, 4.69) is 54.1 Å².